The highest BCUT2D eigenvalue weighted by Gasteiger charge is 2.20. The molecule has 2 aromatic rings. The Morgan fingerprint density at radius 3 is 2.74 bits per heavy atom. The Labute approximate surface area is 113 Å². The van der Waals surface area contributed by atoms with Gasteiger partial charge in [-0.15, -0.1) is 0 Å². The first-order chi connectivity index (χ1) is 9.22. The number of rotatable bonds is 3. The molecule has 1 unspecified atom stereocenters. The Balaban J connectivity index is 1.69. The van der Waals surface area contributed by atoms with Crippen molar-refractivity contribution in [2.75, 3.05) is 0 Å². The lowest BCUT2D eigenvalue weighted by atomic mass is 10.1. The minimum Gasteiger partial charge on any atom is -0.489 e. The lowest BCUT2D eigenvalue weighted by molar-refractivity contribution is 0.180. The molecule has 0 aliphatic heterocycles. The molecule has 1 atom stereocenters. The van der Waals surface area contributed by atoms with Gasteiger partial charge in [0.15, 0.2) is 0 Å². The zero-order chi connectivity index (χ0) is 13.2. The van der Waals surface area contributed by atoms with Gasteiger partial charge < -0.3 is 9.84 Å². The van der Waals surface area contributed by atoms with E-state index in [4.69, 9.17) is 4.74 Å². The van der Waals surface area contributed by atoms with Crippen LogP contribution in [0.3, 0.4) is 0 Å². The molecule has 1 aliphatic rings. The molecule has 0 amide bonds. The second-order valence-electron chi connectivity index (χ2n) is 5.19. The largest absolute Gasteiger partial charge is 0.489 e. The number of ether oxygens (including phenoxy) is 1. The lowest BCUT2D eigenvalue weighted by Gasteiger charge is -2.09. The maximum absolute atomic E-state index is 9.77. The lowest BCUT2D eigenvalue weighted by Crippen LogP contribution is -1.96. The summed E-state index contributed by atoms with van der Waals surface area (Å²) in [5.41, 5.74) is 4.71. The van der Waals surface area contributed by atoms with Crippen molar-refractivity contribution in [2.24, 2.45) is 0 Å². The summed E-state index contributed by atoms with van der Waals surface area (Å²) in [4.78, 5) is 0. The first-order valence-corrected chi connectivity index (χ1v) is 6.71. The van der Waals surface area contributed by atoms with Crippen LogP contribution in [0.1, 0.15) is 34.8 Å². The highest BCUT2D eigenvalue weighted by molar-refractivity contribution is 5.40. The second-order valence-corrected chi connectivity index (χ2v) is 5.19. The molecule has 2 heteroatoms. The Kier molecular flexibility index (Phi) is 3.26. The molecule has 3 rings (SSSR count). The SMILES string of the molecule is Cc1ccc(COc2ccc3c(c2)CCC3O)cc1. The van der Waals surface area contributed by atoms with E-state index < -0.39 is 0 Å². The molecule has 0 saturated heterocycles. The van der Waals surface area contributed by atoms with Crippen LogP contribution >= 0.6 is 0 Å². The molecule has 0 radical (unpaired) electrons. The van der Waals surface area contributed by atoms with E-state index in [0.717, 1.165) is 24.2 Å². The van der Waals surface area contributed by atoms with Gasteiger partial charge in [0.25, 0.3) is 0 Å². The van der Waals surface area contributed by atoms with Crippen molar-refractivity contribution < 1.29 is 9.84 Å². The summed E-state index contributed by atoms with van der Waals surface area (Å²) in [6, 6.07) is 14.4. The number of hydrogen-bond donors (Lipinski definition) is 1. The van der Waals surface area contributed by atoms with E-state index in [1.807, 2.05) is 12.1 Å². The quantitative estimate of drug-likeness (QED) is 0.907. The molecule has 1 N–H and O–H groups in total. The number of benzene rings is 2. The Morgan fingerprint density at radius 2 is 1.95 bits per heavy atom. The van der Waals surface area contributed by atoms with E-state index in [9.17, 15) is 5.11 Å². The van der Waals surface area contributed by atoms with Gasteiger partial charge in [-0.2, -0.15) is 0 Å². The fourth-order valence-electron chi connectivity index (χ4n) is 2.51. The van der Waals surface area contributed by atoms with Crippen LogP contribution in [0.15, 0.2) is 42.5 Å². The first-order valence-electron chi connectivity index (χ1n) is 6.71. The predicted octanol–water partition coefficient (Wildman–Crippen LogP) is 3.55. The summed E-state index contributed by atoms with van der Waals surface area (Å²) in [6.07, 6.45) is 1.48. The normalized spacial score (nSPS) is 17.3. The van der Waals surface area contributed by atoms with E-state index in [1.54, 1.807) is 0 Å². The number of aliphatic hydroxyl groups is 1. The van der Waals surface area contributed by atoms with Crippen LogP contribution in [0.25, 0.3) is 0 Å². The first kappa shape index (κ1) is 12.2. The Hall–Kier alpha value is -1.80. The van der Waals surface area contributed by atoms with E-state index in [0.29, 0.717) is 6.61 Å². The van der Waals surface area contributed by atoms with E-state index in [-0.39, 0.29) is 6.10 Å². The monoisotopic (exact) mass is 254 g/mol. The molecule has 19 heavy (non-hydrogen) atoms. The molecule has 2 aromatic carbocycles. The number of aliphatic hydroxyl groups excluding tert-OH is 1. The van der Waals surface area contributed by atoms with Crippen molar-refractivity contribution in [3.05, 3.63) is 64.7 Å². The summed E-state index contributed by atoms with van der Waals surface area (Å²) in [5, 5.41) is 9.77. The van der Waals surface area contributed by atoms with Crippen molar-refractivity contribution >= 4 is 0 Å². The molecule has 98 valence electrons. The minimum atomic E-state index is -0.291. The zero-order valence-electron chi connectivity index (χ0n) is 11.1. The van der Waals surface area contributed by atoms with Crippen LogP contribution in [0.4, 0.5) is 0 Å². The molecule has 0 saturated carbocycles. The number of fused-ring (bicyclic) bond motifs is 1. The van der Waals surface area contributed by atoms with Crippen molar-refractivity contribution in [1.29, 1.82) is 0 Å². The van der Waals surface area contributed by atoms with Gasteiger partial charge in [0.1, 0.15) is 12.4 Å². The average Bonchev–Trinajstić information content (AvgIpc) is 2.79. The van der Waals surface area contributed by atoms with E-state index in [1.165, 1.54) is 16.7 Å². The third-order valence-electron chi connectivity index (χ3n) is 3.69. The third kappa shape index (κ3) is 2.64. The Bertz CT molecular complexity index is 572. The highest BCUT2D eigenvalue weighted by Crippen LogP contribution is 2.33. The van der Waals surface area contributed by atoms with Gasteiger partial charge in [0.2, 0.25) is 0 Å². The molecule has 0 spiro atoms. The average molecular weight is 254 g/mol. The molecule has 0 aromatic heterocycles. The van der Waals surface area contributed by atoms with Crippen molar-refractivity contribution in [3.63, 3.8) is 0 Å². The van der Waals surface area contributed by atoms with Crippen LogP contribution in [0.2, 0.25) is 0 Å². The molecule has 0 heterocycles. The summed E-state index contributed by atoms with van der Waals surface area (Å²) < 4.78 is 5.81. The molecule has 2 nitrogen and oxygen atoms in total. The fraction of sp³-hybridized carbons (Fsp3) is 0.294. The van der Waals surface area contributed by atoms with E-state index in [2.05, 4.69) is 37.3 Å². The van der Waals surface area contributed by atoms with Crippen LogP contribution in [-0.4, -0.2) is 5.11 Å². The molecule has 0 fully saturated rings. The van der Waals surface area contributed by atoms with Gasteiger partial charge in [-0.3, -0.25) is 0 Å². The standard InChI is InChI=1S/C17H18O2/c1-12-2-4-13(5-3-12)11-19-15-7-8-16-14(10-15)6-9-17(16)18/h2-5,7-8,10,17-18H,6,9,11H2,1H3. The second kappa shape index (κ2) is 5.06. The maximum Gasteiger partial charge on any atom is 0.120 e. The van der Waals surface area contributed by atoms with Gasteiger partial charge in [0.05, 0.1) is 6.10 Å². The summed E-state index contributed by atoms with van der Waals surface area (Å²) >= 11 is 0. The van der Waals surface area contributed by atoms with Gasteiger partial charge in [0, 0.05) is 0 Å². The summed E-state index contributed by atoms with van der Waals surface area (Å²) in [7, 11) is 0. The van der Waals surface area contributed by atoms with Crippen LogP contribution < -0.4 is 4.74 Å². The highest BCUT2D eigenvalue weighted by atomic mass is 16.5. The Morgan fingerprint density at radius 1 is 1.16 bits per heavy atom. The summed E-state index contributed by atoms with van der Waals surface area (Å²) in [6.45, 7) is 2.66. The van der Waals surface area contributed by atoms with Gasteiger partial charge in [-0.25, -0.2) is 0 Å². The molecule has 1 aliphatic carbocycles. The number of aryl methyl sites for hydroxylation is 2. The van der Waals surface area contributed by atoms with Gasteiger partial charge >= 0.3 is 0 Å². The maximum atomic E-state index is 9.77. The number of hydrogen-bond acceptors (Lipinski definition) is 2. The van der Waals surface area contributed by atoms with Crippen molar-refractivity contribution in [1.82, 2.24) is 0 Å². The molecular formula is C17H18O2. The summed E-state index contributed by atoms with van der Waals surface area (Å²) in [5.74, 6) is 0.883. The molecular weight excluding hydrogens is 236 g/mol. The molecule has 0 bridgehead atoms. The topological polar surface area (TPSA) is 29.5 Å². The third-order valence-corrected chi connectivity index (χ3v) is 3.69. The van der Waals surface area contributed by atoms with E-state index >= 15 is 0 Å². The van der Waals surface area contributed by atoms with Crippen LogP contribution in [0.5, 0.6) is 5.75 Å². The smallest absolute Gasteiger partial charge is 0.120 e. The minimum absolute atomic E-state index is 0.291. The predicted molar refractivity (Wildman–Crippen MR) is 75.2 cm³/mol. The van der Waals surface area contributed by atoms with Gasteiger partial charge in [-0.1, -0.05) is 35.9 Å². The van der Waals surface area contributed by atoms with Gasteiger partial charge in [-0.05, 0) is 48.6 Å². The van der Waals surface area contributed by atoms with Crippen LogP contribution in [-0.2, 0) is 13.0 Å². The van der Waals surface area contributed by atoms with Crippen LogP contribution in [0, 0.1) is 6.92 Å². The fourth-order valence-corrected chi connectivity index (χ4v) is 2.51. The van der Waals surface area contributed by atoms with Crippen molar-refractivity contribution in [2.45, 2.75) is 32.5 Å². The van der Waals surface area contributed by atoms with Crippen molar-refractivity contribution in [3.8, 4) is 5.75 Å². The zero-order valence-corrected chi connectivity index (χ0v) is 11.1.